The number of para-hydroxylation sites is 1. The van der Waals surface area contributed by atoms with Crippen LogP contribution in [0.2, 0.25) is 0 Å². The summed E-state index contributed by atoms with van der Waals surface area (Å²) in [6.45, 7) is 7.32. The molecule has 0 spiro atoms. The summed E-state index contributed by atoms with van der Waals surface area (Å²) in [6, 6.07) is 21.2. The highest BCUT2D eigenvalue weighted by atomic mass is 16.3. The van der Waals surface area contributed by atoms with Crippen LogP contribution >= 0.6 is 0 Å². The quantitative estimate of drug-likeness (QED) is 0.502. The van der Waals surface area contributed by atoms with Gasteiger partial charge in [-0.1, -0.05) is 54.6 Å². The molecule has 3 nitrogen and oxygen atoms in total. The lowest BCUT2D eigenvalue weighted by Crippen LogP contribution is -2.67. The molecular weight excluding hydrogens is 356 g/mol. The number of hydrogen-bond acceptors (Lipinski definition) is 2. The van der Waals surface area contributed by atoms with Crippen molar-refractivity contribution in [3.8, 4) is 0 Å². The van der Waals surface area contributed by atoms with Crippen molar-refractivity contribution < 1.29 is 9.59 Å². The summed E-state index contributed by atoms with van der Waals surface area (Å²) in [6.07, 6.45) is 5.79. The second-order valence-electron chi connectivity index (χ2n) is 8.88. The van der Waals surface area contributed by atoms with Crippen LogP contribution in [0.25, 0.3) is 10.9 Å². The van der Waals surface area contributed by atoms with Crippen molar-refractivity contribution in [2.75, 3.05) is 13.1 Å². The highest BCUT2D eigenvalue weighted by molar-refractivity contribution is 5.82. The van der Waals surface area contributed by atoms with Crippen LogP contribution in [0.5, 0.6) is 0 Å². The van der Waals surface area contributed by atoms with Crippen LogP contribution in [0, 0.1) is 11.8 Å². The molecule has 3 aliphatic rings. The number of piperidine rings is 3. The molecule has 3 saturated heterocycles. The zero-order valence-electron chi connectivity index (χ0n) is 16.8. The number of fused-ring (bicyclic) bond motifs is 4. The fourth-order valence-electron chi connectivity index (χ4n) is 5.91. The molecular formula is C26H29N2O+. The number of rotatable bonds is 5. The maximum Gasteiger partial charge on any atom is 0.131 e. The first-order valence-electron chi connectivity index (χ1n) is 10.7. The van der Waals surface area contributed by atoms with Gasteiger partial charge in [-0.25, -0.2) is 0 Å². The van der Waals surface area contributed by atoms with Gasteiger partial charge >= 0.3 is 0 Å². The third-order valence-electron chi connectivity index (χ3n) is 7.38. The highest BCUT2D eigenvalue weighted by Crippen LogP contribution is 2.47. The first-order chi connectivity index (χ1) is 14.2. The van der Waals surface area contributed by atoms with Gasteiger partial charge in [-0.15, -0.1) is 6.58 Å². The standard InChI is InChI=1S/C26H29N2O/c1-2-20-18-28(17-19-8-4-3-5-9-19)15-13-21(20)16-25(28)26(29)23-12-14-27-24-11-7-6-10-22(23)24/h2-12,14,20-21,25-26,29H,1,13,15-18H2/q+1/t20-,21+,25+,26-,28-/m1/s1. The average molecular weight is 386 g/mol. The number of benzene rings is 2. The van der Waals surface area contributed by atoms with E-state index in [-0.39, 0.29) is 6.04 Å². The SMILES string of the molecule is C=C[C@@H]1C[N@+]2(Cc3ccccc3)CC[C@H]1C[C@H]2[C@H](O)c1ccnc2ccccc12. The predicted octanol–water partition coefficient (Wildman–Crippen LogP) is 4.88. The number of quaternary nitrogens is 1. The molecule has 3 heteroatoms. The second-order valence-corrected chi connectivity index (χ2v) is 8.88. The minimum atomic E-state index is -0.486. The summed E-state index contributed by atoms with van der Waals surface area (Å²) in [5.74, 6) is 1.18. The van der Waals surface area contributed by atoms with Crippen molar-refractivity contribution in [3.05, 3.63) is 90.6 Å². The minimum absolute atomic E-state index is 0.205. The summed E-state index contributed by atoms with van der Waals surface area (Å²) in [5.41, 5.74) is 3.33. The average Bonchev–Trinajstić information content (AvgIpc) is 2.78. The van der Waals surface area contributed by atoms with Crippen molar-refractivity contribution in [1.82, 2.24) is 4.98 Å². The lowest BCUT2D eigenvalue weighted by molar-refractivity contribution is -0.984. The van der Waals surface area contributed by atoms with Gasteiger partial charge in [0.1, 0.15) is 18.7 Å². The Kier molecular flexibility index (Phi) is 4.73. The van der Waals surface area contributed by atoms with E-state index in [0.717, 1.165) is 47.0 Å². The monoisotopic (exact) mass is 385 g/mol. The Labute approximate surface area is 172 Å². The van der Waals surface area contributed by atoms with E-state index >= 15 is 0 Å². The Morgan fingerprint density at radius 3 is 2.72 bits per heavy atom. The molecule has 1 aromatic heterocycles. The Morgan fingerprint density at radius 1 is 1.10 bits per heavy atom. The molecule has 29 heavy (non-hydrogen) atoms. The molecule has 3 aromatic rings. The lowest BCUT2D eigenvalue weighted by atomic mass is 9.71. The van der Waals surface area contributed by atoms with E-state index in [9.17, 15) is 5.11 Å². The van der Waals surface area contributed by atoms with E-state index in [1.807, 2.05) is 30.5 Å². The van der Waals surface area contributed by atoms with Crippen LogP contribution in [-0.2, 0) is 6.54 Å². The molecule has 5 atom stereocenters. The summed E-state index contributed by atoms with van der Waals surface area (Å²) < 4.78 is 0.953. The number of nitrogens with zero attached hydrogens (tertiary/aromatic N) is 2. The Balaban J connectivity index is 1.56. The van der Waals surface area contributed by atoms with Crippen LogP contribution in [-0.4, -0.2) is 33.7 Å². The van der Waals surface area contributed by atoms with Crippen molar-refractivity contribution in [3.63, 3.8) is 0 Å². The maximum absolute atomic E-state index is 11.7. The van der Waals surface area contributed by atoms with Gasteiger partial charge < -0.3 is 9.59 Å². The number of aliphatic hydroxyl groups is 1. The smallest absolute Gasteiger partial charge is 0.131 e. The van der Waals surface area contributed by atoms with Gasteiger partial charge in [-0.05, 0) is 23.6 Å². The molecule has 4 heterocycles. The fourth-order valence-corrected chi connectivity index (χ4v) is 5.91. The van der Waals surface area contributed by atoms with Gasteiger partial charge in [-0.2, -0.15) is 0 Å². The third-order valence-corrected chi connectivity index (χ3v) is 7.38. The molecule has 3 fully saturated rings. The predicted molar refractivity (Wildman–Crippen MR) is 117 cm³/mol. The minimum Gasteiger partial charge on any atom is -0.382 e. The van der Waals surface area contributed by atoms with Crippen LogP contribution < -0.4 is 0 Å². The molecule has 0 aliphatic carbocycles. The van der Waals surface area contributed by atoms with Gasteiger partial charge in [0.2, 0.25) is 0 Å². The van der Waals surface area contributed by atoms with Crippen LogP contribution in [0.4, 0.5) is 0 Å². The molecule has 0 amide bonds. The van der Waals surface area contributed by atoms with Crippen molar-refractivity contribution in [2.24, 2.45) is 11.8 Å². The van der Waals surface area contributed by atoms with Crippen molar-refractivity contribution in [2.45, 2.75) is 31.5 Å². The van der Waals surface area contributed by atoms with Gasteiger partial charge in [0, 0.05) is 35.9 Å². The summed E-state index contributed by atoms with van der Waals surface area (Å²) in [7, 11) is 0. The van der Waals surface area contributed by atoms with Gasteiger partial charge in [0.25, 0.3) is 0 Å². The Bertz CT molecular complexity index is 1010. The highest BCUT2D eigenvalue weighted by Gasteiger charge is 2.53. The maximum atomic E-state index is 11.7. The second kappa shape index (κ2) is 7.40. The Morgan fingerprint density at radius 2 is 1.90 bits per heavy atom. The van der Waals surface area contributed by atoms with E-state index in [0.29, 0.717) is 11.8 Å². The molecule has 0 radical (unpaired) electrons. The van der Waals surface area contributed by atoms with Crippen molar-refractivity contribution in [1.29, 1.82) is 0 Å². The number of pyridine rings is 1. The molecule has 2 bridgehead atoms. The molecule has 148 valence electrons. The normalized spacial score (nSPS) is 29.6. The van der Waals surface area contributed by atoms with Crippen LogP contribution in [0.1, 0.15) is 30.1 Å². The molecule has 0 unspecified atom stereocenters. The van der Waals surface area contributed by atoms with E-state index in [2.05, 4.69) is 54.0 Å². The lowest BCUT2D eigenvalue weighted by Gasteiger charge is -2.58. The van der Waals surface area contributed by atoms with E-state index in [1.54, 1.807) is 0 Å². The number of aliphatic hydroxyl groups excluding tert-OH is 1. The molecule has 2 aromatic carbocycles. The summed E-state index contributed by atoms with van der Waals surface area (Å²) >= 11 is 0. The number of aromatic nitrogens is 1. The first-order valence-corrected chi connectivity index (χ1v) is 10.7. The third kappa shape index (κ3) is 3.19. The van der Waals surface area contributed by atoms with Gasteiger partial charge in [-0.3, -0.25) is 4.98 Å². The molecule has 3 aliphatic heterocycles. The largest absolute Gasteiger partial charge is 0.382 e. The van der Waals surface area contributed by atoms with Crippen molar-refractivity contribution >= 4 is 10.9 Å². The molecule has 6 rings (SSSR count). The zero-order valence-corrected chi connectivity index (χ0v) is 16.8. The zero-order chi connectivity index (χ0) is 19.8. The topological polar surface area (TPSA) is 33.1 Å². The Hall–Kier alpha value is -2.49. The fraction of sp³-hybridized carbons (Fsp3) is 0.346. The number of hydrogen-bond donors (Lipinski definition) is 1. The first kappa shape index (κ1) is 18.5. The summed E-state index contributed by atoms with van der Waals surface area (Å²) in [5, 5.41) is 12.8. The summed E-state index contributed by atoms with van der Waals surface area (Å²) in [4.78, 5) is 4.50. The molecule has 1 N–H and O–H groups in total. The van der Waals surface area contributed by atoms with Crippen LogP contribution in [0.15, 0.2) is 79.5 Å². The van der Waals surface area contributed by atoms with E-state index in [4.69, 9.17) is 0 Å². The van der Waals surface area contributed by atoms with Gasteiger partial charge in [0.15, 0.2) is 0 Å². The van der Waals surface area contributed by atoms with Gasteiger partial charge in [0.05, 0.1) is 18.6 Å². The van der Waals surface area contributed by atoms with E-state index in [1.165, 1.54) is 12.0 Å². The van der Waals surface area contributed by atoms with E-state index < -0.39 is 6.10 Å². The molecule has 0 saturated carbocycles. The van der Waals surface area contributed by atoms with Crippen LogP contribution in [0.3, 0.4) is 0 Å².